The summed E-state index contributed by atoms with van der Waals surface area (Å²) in [5.41, 5.74) is 4.86. The number of nitrogens with one attached hydrogen (secondary N) is 2. The lowest BCUT2D eigenvalue weighted by molar-refractivity contribution is -0.139. The third kappa shape index (κ3) is 8.77. The zero-order chi connectivity index (χ0) is 49.2. The van der Waals surface area contributed by atoms with Crippen molar-refractivity contribution in [2.24, 2.45) is 0 Å². The van der Waals surface area contributed by atoms with Gasteiger partial charge in [0.05, 0.1) is 34.2 Å². The molecule has 2 unspecified atom stereocenters. The number of piperidine rings is 3. The molecule has 0 spiro atoms. The Morgan fingerprint density at radius 3 is 2.49 bits per heavy atom. The first-order valence-electron chi connectivity index (χ1n) is 22.8. The number of carboxylic acid groups (broad SMARTS) is 2. The molecule has 4 aliphatic heterocycles. The summed E-state index contributed by atoms with van der Waals surface area (Å²) < 4.78 is 35.0. The summed E-state index contributed by atoms with van der Waals surface area (Å²) in [7, 11) is -3.88. The van der Waals surface area contributed by atoms with Gasteiger partial charge in [0, 0.05) is 54.3 Å². The number of carbonyl (C=O) groups excluding carboxylic acids is 3. The first-order chi connectivity index (χ1) is 33.5. The van der Waals surface area contributed by atoms with Crippen LogP contribution in [0.1, 0.15) is 89.7 Å². The van der Waals surface area contributed by atoms with Gasteiger partial charge in [-0.3, -0.25) is 29.6 Å². The number of carbonyl (C=O) groups is 5. The molecule has 4 aliphatic rings. The van der Waals surface area contributed by atoms with E-state index in [0.717, 1.165) is 59.3 Å². The monoisotopic (exact) mass is 1010 g/mol. The van der Waals surface area contributed by atoms with Crippen molar-refractivity contribution in [1.29, 1.82) is 0 Å². The van der Waals surface area contributed by atoms with E-state index in [0.29, 0.717) is 51.3 Å². The van der Waals surface area contributed by atoms with E-state index in [1.165, 1.54) is 4.31 Å². The van der Waals surface area contributed by atoms with E-state index in [9.17, 15) is 37.5 Å². The van der Waals surface area contributed by atoms with Crippen LogP contribution in [0.25, 0.3) is 32.2 Å². The Bertz CT molecular complexity index is 3280. The number of benzene rings is 3. The van der Waals surface area contributed by atoms with Gasteiger partial charge in [0.2, 0.25) is 21.8 Å². The highest BCUT2D eigenvalue weighted by Crippen LogP contribution is 2.47. The van der Waals surface area contributed by atoms with Gasteiger partial charge in [-0.25, -0.2) is 28.0 Å². The van der Waals surface area contributed by atoms with Gasteiger partial charge >= 0.3 is 11.9 Å². The fraction of sp³-hybridized carbons (Fsp3) is 0.347. The van der Waals surface area contributed by atoms with Gasteiger partial charge in [0.1, 0.15) is 28.2 Å². The third-order valence-corrected chi connectivity index (χ3v) is 17.3. The molecule has 2 atom stereocenters. The molecule has 3 saturated heterocycles. The minimum Gasteiger partial charge on any atom is -0.479 e. The average molecular weight is 1010 g/mol. The number of aromatic nitrogens is 3. The average Bonchev–Trinajstić information content (AvgIpc) is 3.81. The van der Waals surface area contributed by atoms with Crippen LogP contribution < -0.4 is 25.2 Å². The summed E-state index contributed by atoms with van der Waals surface area (Å²) in [5, 5.41) is 26.5. The van der Waals surface area contributed by atoms with E-state index in [2.05, 4.69) is 31.6 Å². The van der Waals surface area contributed by atoms with E-state index in [4.69, 9.17) is 26.4 Å². The summed E-state index contributed by atoms with van der Waals surface area (Å²) in [5.74, 6) is -3.82. The number of anilines is 3. The Balaban J connectivity index is 0.788. The highest BCUT2D eigenvalue weighted by Gasteiger charge is 2.43. The van der Waals surface area contributed by atoms with Crippen molar-refractivity contribution in [1.82, 2.24) is 24.6 Å². The number of sulfonamides is 1. The quantitative estimate of drug-likeness (QED) is 0.0847. The second-order valence-electron chi connectivity index (χ2n) is 18.6. The predicted octanol–water partition coefficient (Wildman–Crippen LogP) is 7.06. The number of thiophene rings is 1. The largest absolute Gasteiger partial charge is 0.479 e. The molecule has 3 fully saturated rings. The van der Waals surface area contributed by atoms with Crippen molar-refractivity contribution >= 4 is 101 Å². The first-order valence-corrected chi connectivity index (χ1v) is 25.6. The van der Waals surface area contributed by atoms with Crippen LogP contribution in [0.5, 0.6) is 5.75 Å². The van der Waals surface area contributed by atoms with Crippen molar-refractivity contribution in [3.05, 3.63) is 99.9 Å². The molecule has 3 aromatic carbocycles. The van der Waals surface area contributed by atoms with E-state index in [1.807, 2.05) is 50.2 Å². The van der Waals surface area contributed by atoms with Gasteiger partial charge in [-0.15, -0.1) is 11.3 Å². The zero-order valence-electron chi connectivity index (χ0n) is 38.0. The molecule has 362 valence electrons. The maximum Gasteiger partial charge on any atom is 0.349 e. The van der Waals surface area contributed by atoms with Crippen LogP contribution >= 0.6 is 22.9 Å². The number of aromatic carboxylic acids is 1. The topological polar surface area (TPSA) is 242 Å². The molecule has 21 heteroatoms. The number of hydrogen-bond acceptors (Lipinski definition) is 14. The highest BCUT2D eigenvalue weighted by atomic mass is 35.5. The maximum atomic E-state index is 14.1. The second-order valence-corrected chi connectivity index (χ2v) is 21.9. The van der Waals surface area contributed by atoms with E-state index in [1.54, 1.807) is 35.5 Å². The lowest BCUT2D eigenvalue weighted by atomic mass is 9.85. The van der Waals surface area contributed by atoms with Crippen molar-refractivity contribution in [3.8, 4) is 16.2 Å². The van der Waals surface area contributed by atoms with Gasteiger partial charge < -0.3 is 25.2 Å². The van der Waals surface area contributed by atoms with Gasteiger partial charge in [-0.2, -0.15) is 4.31 Å². The number of nitrogens with zero attached hydrogens (tertiary/aromatic N) is 6. The van der Waals surface area contributed by atoms with E-state index >= 15 is 0 Å². The molecule has 3 amide bonds. The van der Waals surface area contributed by atoms with Crippen molar-refractivity contribution < 1.29 is 47.3 Å². The van der Waals surface area contributed by atoms with Crippen LogP contribution in [-0.4, -0.2) is 111 Å². The molecule has 0 bridgehead atoms. The van der Waals surface area contributed by atoms with Crippen molar-refractivity contribution in [2.45, 2.75) is 81.7 Å². The standard InChI is InChI=1S/C49H47ClN8O10S2/c1-49(2)21-29(53-28-6-3-5-27(19-28)44-42(50)43(68-24-40(60)61)45(69-44)48(64)65)15-18-57(49)70(66,67)25-38-52-23-35-34(54-38)20-30(22-51-35)56-16-13-26(14-17-56)31-9-10-36-41-32(31)7-4-8-33(41)47(63)58(36)37-11-12-39(59)55-46(37)62/h3-10,19-20,22-23,26,29,37,53H,11-18,21,24-25H2,1-2H3,(H,60,61)(H,64,65)(H,55,59,62). The van der Waals surface area contributed by atoms with Crippen molar-refractivity contribution in [3.63, 3.8) is 0 Å². The fourth-order valence-corrected chi connectivity index (χ4v) is 13.7. The second kappa shape index (κ2) is 18.2. The number of carboxylic acids is 2. The molecule has 6 aromatic rings. The number of pyridine rings is 1. The van der Waals surface area contributed by atoms with Gasteiger partial charge in [-0.05, 0) is 98.7 Å². The number of fused-ring (bicyclic) bond motifs is 1. The van der Waals surface area contributed by atoms with Gasteiger partial charge in [0.15, 0.2) is 17.2 Å². The van der Waals surface area contributed by atoms with Crippen LogP contribution in [0.3, 0.4) is 0 Å². The lowest BCUT2D eigenvalue weighted by Crippen LogP contribution is -2.55. The van der Waals surface area contributed by atoms with E-state index in [-0.39, 0.29) is 64.6 Å². The predicted molar refractivity (Wildman–Crippen MR) is 263 cm³/mol. The Morgan fingerprint density at radius 2 is 1.74 bits per heavy atom. The third-order valence-electron chi connectivity index (χ3n) is 13.6. The number of hydrogen-bond donors (Lipinski definition) is 4. The SMILES string of the molecule is CC1(C)CC(Nc2cccc(-c3sc(C(=O)O)c(OCC(=O)O)c3Cl)c2)CCN1S(=O)(=O)Cc1ncc2ncc(N3CCC(c4ccc5c6c(cccc46)C(=O)N5C4CCC(=O)NC4=O)CC3)cc2n1. The zero-order valence-corrected chi connectivity index (χ0v) is 40.4. The van der Waals surface area contributed by atoms with Crippen LogP contribution in [0.15, 0.2) is 73.1 Å². The molecule has 10 rings (SSSR count). The molecule has 70 heavy (non-hydrogen) atoms. The summed E-state index contributed by atoms with van der Waals surface area (Å²) in [6, 6.07) is 18.0. The molecular weight excluding hydrogens is 960 g/mol. The lowest BCUT2D eigenvalue weighted by Gasteiger charge is -2.44. The van der Waals surface area contributed by atoms with Crippen LogP contribution in [-0.2, 0) is 30.2 Å². The molecule has 0 aliphatic carbocycles. The smallest absolute Gasteiger partial charge is 0.349 e. The number of amides is 3. The van der Waals surface area contributed by atoms with Gasteiger partial charge in [-0.1, -0.05) is 41.9 Å². The molecule has 3 aromatic heterocycles. The summed E-state index contributed by atoms with van der Waals surface area (Å²) >= 11 is 7.42. The Morgan fingerprint density at radius 1 is 0.957 bits per heavy atom. The number of aliphatic carboxylic acids is 1. The van der Waals surface area contributed by atoms with E-state index < -0.39 is 51.8 Å². The minimum absolute atomic E-state index is 0.000467. The summed E-state index contributed by atoms with van der Waals surface area (Å²) in [4.78, 5) is 79.2. The van der Waals surface area contributed by atoms with Crippen LogP contribution in [0.4, 0.5) is 17.1 Å². The number of imide groups is 1. The molecular formula is C49H47ClN8O10S2. The number of rotatable bonds is 13. The van der Waals surface area contributed by atoms with Crippen LogP contribution in [0.2, 0.25) is 5.02 Å². The Kier molecular flexibility index (Phi) is 12.2. The molecule has 7 heterocycles. The first kappa shape index (κ1) is 47.0. The number of halogens is 1. The highest BCUT2D eigenvalue weighted by molar-refractivity contribution is 7.88. The maximum absolute atomic E-state index is 14.1. The summed E-state index contributed by atoms with van der Waals surface area (Å²) in [6.45, 7) is 4.71. The summed E-state index contributed by atoms with van der Waals surface area (Å²) in [6.07, 6.45) is 6.42. The normalized spacial score (nSPS) is 19.7. The molecule has 4 N–H and O–H groups in total. The van der Waals surface area contributed by atoms with Crippen molar-refractivity contribution in [2.75, 3.05) is 41.4 Å². The number of ether oxygens (including phenoxy) is 1. The van der Waals surface area contributed by atoms with Gasteiger partial charge in [0.25, 0.3) is 5.91 Å². The van der Waals surface area contributed by atoms with Crippen LogP contribution in [0, 0.1) is 0 Å². The Labute approximate surface area is 410 Å². The molecule has 18 nitrogen and oxygen atoms in total. The Hall–Kier alpha value is -6.74. The molecule has 0 saturated carbocycles. The minimum atomic E-state index is -3.88. The molecule has 0 radical (unpaired) electrons. The fourth-order valence-electron chi connectivity index (χ4n) is 10.5.